The Morgan fingerprint density at radius 1 is 1.46 bits per heavy atom. The first-order chi connectivity index (χ1) is 11.5. The number of aromatic amines is 2. The molecule has 24 heavy (non-hydrogen) atoms. The van der Waals surface area contributed by atoms with Crippen LogP contribution in [0, 0.1) is 17.0 Å². The smallest absolute Gasteiger partial charge is 0.322 e. The van der Waals surface area contributed by atoms with Crippen molar-refractivity contribution < 1.29 is 9.72 Å². The highest BCUT2D eigenvalue weighted by atomic mass is 35.5. The molecule has 0 bridgehead atoms. The first kappa shape index (κ1) is 16.0. The van der Waals surface area contributed by atoms with Crippen molar-refractivity contribution in [3.8, 4) is 0 Å². The lowest BCUT2D eigenvalue weighted by molar-refractivity contribution is -0.385. The third-order valence-corrected chi connectivity index (χ3v) is 3.96. The molecular formula is C15H14ClN5O3. The Morgan fingerprint density at radius 3 is 3.00 bits per heavy atom. The summed E-state index contributed by atoms with van der Waals surface area (Å²) in [5, 5.41) is 21.4. The van der Waals surface area contributed by atoms with E-state index < -0.39 is 10.8 Å². The molecule has 0 atom stereocenters. The van der Waals surface area contributed by atoms with Crippen molar-refractivity contribution >= 4 is 34.1 Å². The molecule has 0 aliphatic carbocycles. The number of nitrogens with one attached hydrogen (secondary N) is 3. The number of hydrogen-bond acceptors (Lipinski definition) is 4. The number of carbonyl (C=O) groups excluding carboxylic acids is 1. The Balaban J connectivity index is 1.69. The van der Waals surface area contributed by atoms with Crippen LogP contribution in [0.15, 0.2) is 24.4 Å². The minimum absolute atomic E-state index is 0.209. The summed E-state index contributed by atoms with van der Waals surface area (Å²) in [6, 6.07) is 5.53. The third kappa shape index (κ3) is 2.95. The Labute approximate surface area is 141 Å². The predicted octanol–water partition coefficient (Wildman–Crippen LogP) is 2.73. The van der Waals surface area contributed by atoms with Gasteiger partial charge in [-0.1, -0.05) is 11.6 Å². The SMILES string of the molecule is Cc1[nH]nc(C(=O)NCCc2c[nH]c3ccc(Cl)cc23)c1[N+](=O)[O-]. The fourth-order valence-corrected chi connectivity index (χ4v) is 2.73. The normalized spacial score (nSPS) is 10.9. The van der Waals surface area contributed by atoms with E-state index in [1.54, 1.807) is 6.07 Å². The average Bonchev–Trinajstić information content (AvgIpc) is 3.11. The van der Waals surface area contributed by atoms with Crippen LogP contribution in [-0.2, 0) is 6.42 Å². The van der Waals surface area contributed by atoms with E-state index >= 15 is 0 Å². The molecule has 124 valence electrons. The predicted molar refractivity (Wildman–Crippen MR) is 89.3 cm³/mol. The molecule has 2 aromatic heterocycles. The van der Waals surface area contributed by atoms with Crippen LogP contribution in [0.1, 0.15) is 21.7 Å². The first-order valence-electron chi connectivity index (χ1n) is 7.20. The number of halogens is 1. The van der Waals surface area contributed by atoms with Gasteiger partial charge in [-0.15, -0.1) is 0 Å². The zero-order chi connectivity index (χ0) is 17.3. The molecule has 0 fully saturated rings. The van der Waals surface area contributed by atoms with Crippen molar-refractivity contribution in [3.05, 3.63) is 56.5 Å². The van der Waals surface area contributed by atoms with E-state index in [9.17, 15) is 14.9 Å². The maximum absolute atomic E-state index is 12.1. The van der Waals surface area contributed by atoms with Crippen LogP contribution in [0.25, 0.3) is 10.9 Å². The summed E-state index contributed by atoms with van der Waals surface area (Å²) in [4.78, 5) is 25.6. The van der Waals surface area contributed by atoms with Crippen LogP contribution in [0.2, 0.25) is 5.02 Å². The van der Waals surface area contributed by atoms with Crippen LogP contribution < -0.4 is 5.32 Å². The minimum atomic E-state index is -0.616. The first-order valence-corrected chi connectivity index (χ1v) is 7.58. The van der Waals surface area contributed by atoms with Crippen LogP contribution in [-0.4, -0.2) is 32.6 Å². The van der Waals surface area contributed by atoms with Crippen molar-refractivity contribution in [2.24, 2.45) is 0 Å². The highest BCUT2D eigenvalue weighted by molar-refractivity contribution is 6.31. The van der Waals surface area contributed by atoms with Gasteiger partial charge in [0.15, 0.2) is 0 Å². The van der Waals surface area contributed by atoms with Gasteiger partial charge in [0.2, 0.25) is 5.69 Å². The Morgan fingerprint density at radius 2 is 2.25 bits per heavy atom. The fraction of sp³-hybridized carbons (Fsp3) is 0.200. The summed E-state index contributed by atoms with van der Waals surface area (Å²) in [6.07, 6.45) is 2.41. The number of hydrogen-bond donors (Lipinski definition) is 3. The minimum Gasteiger partial charge on any atom is -0.361 e. The summed E-state index contributed by atoms with van der Waals surface area (Å²) in [5.41, 5.74) is 1.70. The second kappa shape index (κ2) is 6.32. The van der Waals surface area contributed by atoms with E-state index in [-0.39, 0.29) is 17.1 Å². The zero-order valence-corrected chi connectivity index (χ0v) is 13.5. The Kier molecular flexibility index (Phi) is 4.22. The van der Waals surface area contributed by atoms with E-state index in [2.05, 4.69) is 20.5 Å². The van der Waals surface area contributed by atoms with E-state index in [0.29, 0.717) is 18.0 Å². The molecule has 3 N–H and O–H groups in total. The van der Waals surface area contributed by atoms with E-state index in [4.69, 9.17) is 11.6 Å². The maximum Gasteiger partial charge on any atom is 0.322 e. The summed E-state index contributed by atoms with van der Waals surface area (Å²) in [6.45, 7) is 1.82. The lowest BCUT2D eigenvalue weighted by Gasteiger charge is -2.03. The lowest BCUT2D eigenvalue weighted by atomic mass is 10.1. The number of nitro groups is 1. The molecule has 8 nitrogen and oxygen atoms in total. The second-order valence-corrected chi connectivity index (χ2v) is 5.75. The van der Waals surface area contributed by atoms with Gasteiger partial charge in [-0.2, -0.15) is 5.10 Å². The Bertz CT molecular complexity index is 930. The van der Waals surface area contributed by atoms with Crippen LogP contribution in [0.4, 0.5) is 5.69 Å². The summed E-state index contributed by atoms with van der Waals surface area (Å²) in [5.74, 6) is -0.580. The second-order valence-electron chi connectivity index (χ2n) is 5.31. The van der Waals surface area contributed by atoms with Gasteiger partial charge in [0, 0.05) is 28.7 Å². The number of rotatable bonds is 5. The molecule has 1 amide bonds. The number of amides is 1. The van der Waals surface area contributed by atoms with Gasteiger partial charge >= 0.3 is 5.69 Å². The van der Waals surface area contributed by atoms with Gasteiger partial charge < -0.3 is 10.3 Å². The van der Waals surface area contributed by atoms with Crippen molar-refractivity contribution in [3.63, 3.8) is 0 Å². The molecule has 0 unspecified atom stereocenters. The number of fused-ring (bicyclic) bond motifs is 1. The van der Waals surface area contributed by atoms with Gasteiger partial charge in [0.1, 0.15) is 5.69 Å². The summed E-state index contributed by atoms with van der Waals surface area (Å²) < 4.78 is 0. The van der Waals surface area contributed by atoms with Crippen LogP contribution >= 0.6 is 11.6 Å². The number of aryl methyl sites for hydroxylation is 1. The standard InChI is InChI=1S/C15H14ClN5O3/c1-8-14(21(23)24)13(20-19-8)15(22)17-5-4-9-7-18-12-3-2-10(16)6-11(9)12/h2-3,6-7,18H,4-5H2,1H3,(H,17,22)(H,19,20). The molecule has 1 aromatic carbocycles. The zero-order valence-electron chi connectivity index (χ0n) is 12.7. The van der Waals surface area contributed by atoms with Gasteiger partial charge in [-0.05, 0) is 37.1 Å². The van der Waals surface area contributed by atoms with Crippen molar-refractivity contribution in [1.29, 1.82) is 0 Å². The molecule has 9 heteroatoms. The van der Waals surface area contributed by atoms with Crippen molar-refractivity contribution in [1.82, 2.24) is 20.5 Å². The molecule has 3 rings (SSSR count). The largest absolute Gasteiger partial charge is 0.361 e. The van der Waals surface area contributed by atoms with Gasteiger partial charge in [0.05, 0.1) is 4.92 Å². The quantitative estimate of drug-likeness (QED) is 0.486. The number of aromatic nitrogens is 3. The number of nitrogens with zero attached hydrogens (tertiary/aromatic N) is 2. The molecule has 0 radical (unpaired) electrons. The van der Waals surface area contributed by atoms with E-state index in [1.165, 1.54) is 6.92 Å². The summed E-state index contributed by atoms with van der Waals surface area (Å²) >= 11 is 6.00. The molecular weight excluding hydrogens is 334 g/mol. The number of benzene rings is 1. The monoisotopic (exact) mass is 347 g/mol. The Hall–Kier alpha value is -2.87. The molecule has 0 aliphatic heterocycles. The summed E-state index contributed by atoms with van der Waals surface area (Å²) in [7, 11) is 0. The van der Waals surface area contributed by atoms with E-state index in [0.717, 1.165) is 16.5 Å². The van der Waals surface area contributed by atoms with Gasteiger partial charge in [0.25, 0.3) is 5.91 Å². The van der Waals surface area contributed by atoms with Gasteiger partial charge in [-0.25, -0.2) is 0 Å². The molecule has 3 aromatic rings. The molecule has 0 aliphatic rings. The number of H-pyrrole nitrogens is 2. The maximum atomic E-state index is 12.1. The van der Waals surface area contributed by atoms with Crippen LogP contribution in [0.5, 0.6) is 0 Å². The molecule has 2 heterocycles. The molecule has 0 spiro atoms. The van der Waals surface area contributed by atoms with Gasteiger partial charge in [-0.3, -0.25) is 20.0 Å². The molecule has 0 saturated carbocycles. The topological polar surface area (TPSA) is 117 Å². The number of carbonyl (C=O) groups is 1. The lowest BCUT2D eigenvalue weighted by Crippen LogP contribution is -2.26. The van der Waals surface area contributed by atoms with E-state index in [1.807, 2.05) is 18.3 Å². The third-order valence-electron chi connectivity index (χ3n) is 3.72. The van der Waals surface area contributed by atoms with Crippen molar-refractivity contribution in [2.75, 3.05) is 6.54 Å². The highest BCUT2D eigenvalue weighted by Gasteiger charge is 2.26. The van der Waals surface area contributed by atoms with Crippen molar-refractivity contribution in [2.45, 2.75) is 13.3 Å². The van der Waals surface area contributed by atoms with Crippen LogP contribution in [0.3, 0.4) is 0 Å². The average molecular weight is 348 g/mol. The molecule has 0 saturated heterocycles. The highest BCUT2D eigenvalue weighted by Crippen LogP contribution is 2.23. The fourth-order valence-electron chi connectivity index (χ4n) is 2.56.